The van der Waals surface area contributed by atoms with Crippen molar-refractivity contribution in [2.45, 2.75) is 36.5 Å². The molecule has 3 aliphatic heterocycles. The Kier molecular flexibility index (Phi) is 8.13. The zero-order valence-corrected chi connectivity index (χ0v) is 22.9. The minimum Gasteiger partial charge on any atom is -0.468 e. The number of esters is 1. The van der Waals surface area contributed by atoms with E-state index in [4.69, 9.17) is 14.2 Å². The van der Waals surface area contributed by atoms with Crippen molar-refractivity contribution in [3.05, 3.63) is 66.6 Å². The molecule has 1 N–H and O–H groups in total. The Morgan fingerprint density at radius 1 is 0.972 bits per heavy atom. The van der Waals surface area contributed by atoms with Gasteiger partial charge in [0.25, 0.3) is 5.69 Å². The van der Waals surface area contributed by atoms with E-state index in [1.807, 2.05) is 18.2 Å². The first kappa shape index (κ1) is 26.7. The summed E-state index contributed by atoms with van der Waals surface area (Å²) in [5.74, 6) is -0.324. The fourth-order valence-corrected chi connectivity index (χ4v) is 5.89. The van der Waals surface area contributed by atoms with E-state index in [9.17, 15) is 19.7 Å². The first-order valence-corrected chi connectivity index (χ1v) is 13.1. The van der Waals surface area contributed by atoms with Crippen molar-refractivity contribution in [1.82, 2.24) is 0 Å². The highest BCUT2D eigenvalue weighted by molar-refractivity contribution is 9.10. The number of carbonyl (C=O) groups is 2. The number of carbonyl (C=O) groups excluding carboxylic acids is 2. The van der Waals surface area contributed by atoms with Crippen LogP contribution in [-0.2, 0) is 34.6 Å². The van der Waals surface area contributed by atoms with Gasteiger partial charge >= 0.3 is 5.97 Å². The second kappa shape index (κ2) is 11.0. The third-order valence-electron chi connectivity index (χ3n) is 7.12. The van der Waals surface area contributed by atoms with Gasteiger partial charge in [-0.05, 0) is 55.5 Å². The van der Waals surface area contributed by atoms with Gasteiger partial charge in [0.1, 0.15) is 5.41 Å². The maximum absolute atomic E-state index is 12.2. The summed E-state index contributed by atoms with van der Waals surface area (Å²) in [6.07, 6.45) is 2.32. The molecule has 0 bridgehead atoms. The molecule has 192 valence electrons. The maximum Gasteiger partial charge on any atom is 0.316 e. The molecule has 0 radical (unpaired) electrons. The van der Waals surface area contributed by atoms with Crippen LogP contribution < -0.4 is 5.32 Å². The minimum absolute atomic E-state index is 0.0772. The normalized spacial score (nSPS) is 19.5. The molecular weight excluding hydrogens is 600 g/mol. The summed E-state index contributed by atoms with van der Waals surface area (Å²) >= 11 is 6.64. The van der Waals surface area contributed by atoms with Crippen molar-refractivity contribution in [1.29, 1.82) is 0 Å². The van der Waals surface area contributed by atoms with Gasteiger partial charge in [-0.3, -0.25) is 19.7 Å². The molecule has 0 aliphatic carbocycles. The van der Waals surface area contributed by atoms with Gasteiger partial charge in [0, 0.05) is 52.7 Å². The number of hydrogen-bond acceptors (Lipinski definition) is 7. The van der Waals surface area contributed by atoms with E-state index in [1.54, 1.807) is 12.1 Å². The molecule has 3 aliphatic rings. The number of nitrogens with one attached hydrogen (secondary N) is 1. The van der Waals surface area contributed by atoms with E-state index in [-0.39, 0.29) is 17.0 Å². The predicted octanol–water partition coefficient (Wildman–Crippen LogP) is 5.03. The van der Waals surface area contributed by atoms with E-state index >= 15 is 0 Å². The lowest BCUT2D eigenvalue weighted by Crippen LogP contribution is -2.42. The molecule has 0 aromatic heterocycles. The van der Waals surface area contributed by atoms with Crippen LogP contribution in [0, 0.1) is 10.1 Å². The number of halogens is 2. The summed E-state index contributed by atoms with van der Waals surface area (Å²) in [6, 6.07) is 10.7. The van der Waals surface area contributed by atoms with Gasteiger partial charge in [-0.25, -0.2) is 0 Å². The van der Waals surface area contributed by atoms with Crippen LogP contribution in [0.25, 0.3) is 0 Å². The Bertz CT molecular complexity index is 1170. The van der Waals surface area contributed by atoms with Crippen LogP contribution in [0.15, 0.2) is 45.3 Å². The first-order chi connectivity index (χ1) is 17.2. The number of benzene rings is 2. The zero-order valence-electron chi connectivity index (χ0n) is 19.7. The van der Waals surface area contributed by atoms with Gasteiger partial charge in [0.2, 0.25) is 5.91 Å². The van der Waals surface area contributed by atoms with Crippen molar-refractivity contribution in [3.63, 3.8) is 0 Å². The third kappa shape index (κ3) is 4.93. The van der Waals surface area contributed by atoms with Crippen molar-refractivity contribution >= 4 is 55.1 Å². The van der Waals surface area contributed by atoms with Crippen molar-refractivity contribution < 1.29 is 28.7 Å². The Morgan fingerprint density at radius 3 is 2.11 bits per heavy atom. The lowest BCUT2D eigenvalue weighted by molar-refractivity contribution is -0.386. The number of fused-ring (bicyclic) bond motifs is 2. The van der Waals surface area contributed by atoms with Crippen LogP contribution in [-0.4, -0.2) is 50.3 Å². The molecule has 1 spiro atoms. The molecule has 2 aromatic carbocycles. The SMILES string of the molecule is COC(=O)C1(c2ccc(Br)cc2[N+](=O)[O-])CCOCC1.O=C1Nc2cc(Br)ccc2C12CCOCC2. The average molecular weight is 626 g/mol. The number of nitrogens with zero attached hydrogens (tertiary/aromatic N) is 1. The molecule has 36 heavy (non-hydrogen) atoms. The van der Waals surface area contributed by atoms with E-state index in [1.165, 1.54) is 13.2 Å². The van der Waals surface area contributed by atoms with Crippen LogP contribution >= 0.6 is 31.9 Å². The van der Waals surface area contributed by atoms with Gasteiger partial charge in [-0.15, -0.1) is 0 Å². The quantitative estimate of drug-likeness (QED) is 0.289. The van der Waals surface area contributed by atoms with Crippen LogP contribution in [0.1, 0.15) is 36.8 Å². The molecule has 0 unspecified atom stereocenters. The molecule has 3 heterocycles. The van der Waals surface area contributed by atoms with Crippen LogP contribution in [0.5, 0.6) is 0 Å². The predicted molar refractivity (Wildman–Crippen MR) is 139 cm³/mol. The summed E-state index contributed by atoms with van der Waals surface area (Å²) < 4.78 is 17.1. The number of nitro benzene ring substituents is 1. The van der Waals surface area contributed by atoms with E-state index in [0.29, 0.717) is 49.3 Å². The monoisotopic (exact) mass is 624 g/mol. The fourth-order valence-electron chi connectivity index (χ4n) is 5.18. The van der Waals surface area contributed by atoms with E-state index in [0.717, 1.165) is 28.6 Å². The molecule has 2 fully saturated rings. The average Bonchev–Trinajstić information content (AvgIpc) is 3.14. The number of hydrogen-bond donors (Lipinski definition) is 1. The molecule has 11 heteroatoms. The highest BCUT2D eigenvalue weighted by Gasteiger charge is 2.48. The molecule has 1 amide bonds. The summed E-state index contributed by atoms with van der Waals surface area (Å²) in [6.45, 7) is 2.09. The Morgan fingerprint density at radius 2 is 1.53 bits per heavy atom. The number of nitro groups is 1. The lowest BCUT2D eigenvalue weighted by atomic mass is 9.73. The molecule has 5 rings (SSSR count). The van der Waals surface area contributed by atoms with Gasteiger partial charge in [0.15, 0.2) is 0 Å². The topological polar surface area (TPSA) is 117 Å². The Hall–Kier alpha value is -2.34. The third-order valence-corrected chi connectivity index (χ3v) is 8.11. The molecule has 2 saturated heterocycles. The second-order valence-corrected chi connectivity index (χ2v) is 10.8. The minimum atomic E-state index is -1.00. The second-order valence-electron chi connectivity index (χ2n) is 8.94. The van der Waals surface area contributed by atoms with Gasteiger partial charge < -0.3 is 19.5 Å². The van der Waals surface area contributed by atoms with Crippen LogP contribution in [0.4, 0.5) is 11.4 Å². The molecule has 0 saturated carbocycles. The molecule has 0 atom stereocenters. The zero-order chi connectivity index (χ0) is 25.9. The molecular formula is C25H26Br2N2O7. The van der Waals surface area contributed by atoms with Crippen molar-refractivity contribution in [3.8, 4) is 0 Å². The first-order valence-electron chi connectivity index (χ1n) is 11.5. The van der Waals surface area contributed by atoms with E-state index in [2.05, 4.69) is 37.2 Å². The molecule has 9 nitrogen and oxygen atoms in total. The Balaban J connectivity index is 0.000000173. The van der Waals surface area contributed by atoms with Crippen molar-refractivity contribution in [2.24, 2.45) is 0 Å². The molecule has 2 aromatic rings. The number of amides is 1. The van der Waals surface area contributed by atoms with E-state index < -0.39 is 16.3 Å². The summed E-state index contributed by atoms with van der Waals surface area (Å²) in [5.41, 5.74) is 1.04. The van der Waals surface area contributed by atoms with Crippen LogP contribution in [0.2, 0.25) is 0 Å². The van der Waals surface area contributed by atoms with Gasteiger partial charge in [-0.2, -0.15) is 0 Å². The standard InChI is InChI=1S/C13H14BrNO5.C12H12BrNO2/c1-19-12(16)13(4-6-20-7-5-13)10-3-2-9(14)8-11(10)15(17)18;13-8-1-2-9-10(7-8)14-11(15)12(9)3-5-16-6-4-12/h2-3,8H,4-7H2,1H3;1-2,7H,3-6H2,(H,14,15). The van der Waals surface area contributed by atoms with Crippen molar-refractivity contribution in [2.75, 3.05) is 38.9 Å². The maximum atomic E-state index is 12.2. The summed E-state index contributed by atoms with van der Waals surface area (Å²) in [5, 5.41) is 14.2. The largest absolute Gasteiger partial charge is 0.468 e. The highest BCUT2D eigenvalue weighted by Crippen LogP contribution is 2.45. The summed E-state index contributed by atoms with van der Waals surface area (Å²) in [7, 11) is 1.30. The number of methoxy groups -OCH3 is 1. The smallest absolute Gasteiger partial charge is 0.316 e. The fraction of sp³-hybridized carbons (Fsp3) is 0.440. The highest BCUT2D eigenvalue weighted by atomic mass is 79.9. The number of rotatable bonds is 3. The number of anilines is 1. The van der Waals surface area contributed by atoms with Crippen LogP contribution in [0.3, 0.4) is 0 Å². The summed E-state index contributed by atoms with van der Waals surface area (Å²) in [4.78, 5) is 35.2. The number of ether oxygens (including phenoxy) is 3. The van der Waals surface area contributed by atoms with Gasteiger partial charge in [0.05, 0.1) is 17.4 Å². The van der Waals surface area contributed by atoms with Gasteiger partial charge in [-0.1, -0.05) is 37.9 Å². The Labute approximate surface area is 225 Å². The lowest BCUT2D eigenvalue weighted by Gasteiger charge is -2.34.